The summed E-state index contributed by atoms with van der Waals surface area (Å²) in [5.74, 6) is -1.04. The molecule has 1 fully saturated rings. The second-order valence-electron chi connectivity index (χ2n) is 9.04. The van der Waals surface area contributed by atoms with Crippen LogP contribution in [0.1, 0.15) is 33.5 Å². The number of amides is 3. The van der Waals surface area contributed by atoms with Crippen LogP contribution in [-0.2, 0) is 17.8 Å². The summed E-state index contributed by atoms with van der Waals surface area (Å²) in [7, 11) is 0. The number of aromatic nitrogens is 2. The Bertz CT molecular complexity index is 1620. The highest BCUT2D eigenvalue weighted by Crippen LogP contribution is 2.21. The Hall–Kier alpha value is -4.72. The van der Waals surface area contributed by atoms with Gasteiger partial charge in [0.15, 0.2) is 0 Å². The third kappa shape index (κ3) is 4.73. The van der Waals surface area contributed by atoms with Crippen molar-refractivity contribution in [2.45, 2.75) is 26.8 Å². The minimum Gasteiger partial charge on any atom is -0.303 e. The maximum Gasteiger partial charge on any atom is 0.329 e. The molecule has 0 spiro atoms. The van der Waals surface area contributed by atoms with Gasteiger partial charge in [0.1, 0.15) is 11.5 Å². The van der Waals surface area contributed by atoms with Gasteiger partial charge in [0.2, 0.25) is 0 Å². The molecule has 7 nitrogen and oxygen atoms in total. The van der Waals surface area contributed by atoms with Gasteiger partial charge in [-0.25, -0.2) is 13.9 Å². The molecule has 0 unspecified atom stereocenters. The molecule has 0 bridgehead atoms. The van der Waals surface area contributed by atoms with Gasteiger partial charge in [-0.3, -0.25) is 19.6 Å². The van der Waals surface area contributed by atoms with E-state index in [2.05, 4.69) is 10.4 Å². The van der Waals surface area contributed by atoms with E-state index in [4.69, 9.17) is 0 Å². The monoisotopic (exact) mass is 496 g/mol. The molecule has 0 radical (unpaired) electrons. The molecule has 0 saturated carbocycles. The zero-order chi connectivity index (χ0) is 26.1. The van der Waals surface area contributed by atoms with Crippen molar-refractivity contribution in [2.24, 2.45) is 0 Å². The molecule has 1 aliphatic rings. The Labute approximate surface area is 212 Å². The van der Waals surface area contributed by atoms with E-state index in [9.17, 15) is 18.8 Å². The number of halogens is 1. The Kier molecular flexibility index (Phi) is 6.31. The molecule has 2 heterocycles. The molecule has 2 N–H and O–H groups in total. The van der Waals surface area contributed by atoms with Crippen LogP contribution in [0.25, 0.3) is 11.8 Å². The van der Waals surface area contributed by atoms with Crippen LogP contribution in [0.3, 0.4) is 0 Å². The van der Waals surface area contributed by atoms with Crippen molar-refractivity contribution in [3.05, 3.63) is 128 Å². The predicted molar refractivity (Wildman–Crippen MR) is 139 cm³/mol. The lowest BCUT2D eigenvalue weighted by Gasteiger charge is -2.11. The number of aromatic amines is 1. The van der Waals surface area contributed by atoms with Crippen LogP contribution in [0, 0.1) is 19.7 Å². The van der Waals surface area contributed by atoms with Gasteiger partial charge in [-0.15, -0.1) is 0 Å². The van der Waals surface area contributed by atoms with Crippen LogP contribution >= 0.6 is 0 Å². The van der Waals surface area contributed by atoms with Gasteiger partial charge < -0.3 is 5.32 Å². The average Bonchev–Trinajstić information content (AvgIpc) is 3.31. The van der Waals surface area contributed by atoms with Crippen LogP contribution in [-0.4, -0.2) is 26.6 Å². The van der Waals surface area contributed by atoms with Crippen LogP contribution in [0.5, 0.6) is 0 Å². The van der Waals surface area contributed by atoms with E-state index in [0.29, 0.717) is 23.4 Å². The summed E-state index contributed by atoms with van der Waals surface area (Å²) in [6, 6.07) is 20.4. The van der Waals surface area contributed by atoms with Gasteiger partial charge in [0, 0.05) is 12.1 Å². The molecule has 1 saturated heterocycles. The summed E-state index contributed by atoms with van der Waals surface area (Å²) in [6.07, 6.45) is 1.85. The van der Waals surface area contributed by atoms with Crippen LogP contribution in [0.4, 0.5) is 9.18 Å². The number of carbonyl (C=O) groups excluding carboxylic acids is 2. The molecule has 0 atom stereocenters. The molecule has 0 aliphatic carbocycles. The molecule has 3 aromatic carbocycles. The third-order valence-electron chi connectivity index (χ3n) is 6.47. The van der Waals surface area contributed by atoms with E-state index in [-0.39, 0.29) is 23.4 Å². The van der Waals surface area contributed by atoms with Gasteiger partial charge >= 0.3 is 6.03 Å². The normalized spacial score (nSPS) is 14.5. The average molecular weight is 497 g/mol. The molecule has 1 aromatic heterocycles. The molecule has 3 amide bonds. The number of carbonyl (C=O) groups is 2. The fraction of sp³-hybridized carbons (Fsp3) is 0.138. The summed E-state index contributed by atoms with van der Waals surface area (Å²) in [5.41, 5.74) is 4.71. The summed E-state index contributed by atoms with van der Waals surface area (Å²) >= 11 is 0. The van der Waals surface area contributed by atoms with Gasteiger partial charge in [0.05, 0.1) is 17.8 Å². The fourth-order valence-electron chi connectivity index (χ4n) is 4.44. The first-order valence-corrected chi connectivity index (χ1v) is 11.8. The Balaban J connectivity index is 1.56. The maximum absolute atomic E-state index is 13.6. The SMILES string of the molecule is Cc1ccccc1Cc1[nH]n(-c2ccccc2C)c(=O)c1C=C1NC(=O)N(Cc2cccc(F)c2)C1=O. The molecule has 4 aromatic rings. The van der Waals surface area contributed by atoms with Gasteiger partial charge in [-0.2, -0.15) is 0 Å². The summed E-state index contributed by atoms with van der Waals surface area (Å²) in [4.78, 5) is 40.4. The number of para-hydroxylation sites is 1. The van der Waals surface area contributed by atoms with E-state index in [1.54, 1.807) is 6.07 Å². The largest absolute Gasteiger partial charge is 0.329 e. The fourth-order valence-corrected chi connectivity index (χ4v) is 4.44. The number of benzene rings is 3. The number of H-pyrrole nitrogens is 1. The Morgan fingerprint density at radius 1 is 0.892 bits per heavy atom. The minimum atomic E-state index is -0.629. The number of nitrogens with one attached hydrogen (secondary N) is 2. The van der Waals surface area contributed by atoms with Gasteiger partial charge in [0.25, 0.3) is 11.5 Å². The van der Waals surface area contributed by atoms with Crippen molar-refractivity contribution >= 4 is 18.0 Å². The Morgan fingerprint density at radius 3 is 2.35 bits per heavy atom. The zero-order valence-electron chi connectivity index (χ0n) is 20.4. The number of nitrogens with zero attached hydrogens (tertiary/aromatic N) is 2. The van der Waals surface area contributed by atoms with E-state index in [1.165, 1.54) is 29.0 Å². The second kappa shape index (κ2) is 9.73. The van der Waals surface area contributed by atoms with Gasteiger partial charge in [-0.05, 0) is 60.4 Å². The first kappa shape index (κ1) is 24.0. The standard InChI is InChI=1S/C29H25FN4O3/c1-18-8-3-5-11-21(18)15-24-23(27(35)34(32-24)26-13-6-4-9-19(26)2)16-25-28(36)33(29(37)31-25)17-20-10-7-12-22(30)14-20/h3-14,16,32H,15,17H2,1-2H3,(H,31,37). The van der Waals surface area contributed by atoms with Crippen molar-refractivity contribution in [2.75, 3.05) is 0 Å². The van der Waals surface area contributed by atoms with Crippen LogP contribution in [0.2, 0.25) is 0 Å². The first-order valence-electron chi connectivity index (χ1n) is 11.8. The van der Waals surface area contributed by atoms with E-state index in [1.807, 2.05) is 62.4 Å². The number of imide groups is 1. The van der Waals surface area contributed by atoms with Crippen molar-refractivity contribution in [1.82, 2.24) is 20.0 Å². The smallest absolute Gasteiger partial charge is 0.303 e. The third-order valence-corrected chi connectivity index (χ3v) is 6.47. The maximum atomic E-state index is 13.6. The number of rotatable bonds is 6. The molecular weight excluding hydrogens is 471 g/mol. The van der Waals surface area contributed by atoms with Crippen molar-refractivity contribution in [3.63, 3.8) is 0 Å². The van der Waals surface area contributed by atoms with Crippen molar-refractivity contribution in [3.8, 4) is 5.69 Å². The highest BCUT2D eigenvalue weighted by Gasteiger charge is 2.34. The van der Waals surface area contributed by atoms with E-state index < -0.39 is 17.8 Å². The van der Waals surface area contributed by atoms with Crippen LogP contribution < -0.4 is 10.9 Å². The number of hydrogen-bond donors (Lipinski definition) is 2. The predicted octanol–water partition coefficient (Wildman–Crippen LogP) is 4.61. The summed E-state index contributed by atoms with van der Waals surface area (Å²) < 4.78 is 15.1. The van der Waals surface area contributed by atoms with E-state index in [0.717, 1.165) is 21.6 Å². The second-order valence-corrected chi connectivity index (χ2v) is 9.04. The highest BCUT2D eigenvalue weighted by molar-refractivity contribution is 6.13. The summed E-state index contributed by atoms with van der Waals surface area (Å²) in [5, 5.41) is 5.79. The number of aryl methyl sites for hydroxylation is 2. The number of urea groups is 1. The van der Waals surface area contributed by atoms with E-state index >= 15 is 0 Å². The molecule has 186 valence electrons. The zero-order valence-corrected chi connectivity index (χ0v) is 20.4. The lowest BCUT2D eigenvalue weighted by molar-refractivity contribution is -0.123. The lowest BCUT2D eigenvalue weighted by Crippen LogP contribution is -2.30. The van der Waals surface area contributed by atoms with Crippen LogP contribution in [0.15, 0.2) is 83.3 Å². The first-order chi connectivity index (χ1) is 17.8. The number of hydrogen-bond acceptors (Lipinski definition) is 3. The minimum absolute atomic E-state index is 0.0135. The lowest BCUT2D eigenvalue weighted by atomic mass is 10.0. The highest BCUT2D eigenvalue weighted by atomic mass is 19.1. The quantitative estimate of drug-likeness (QED) is 0.302. The molecule has 1 aliphatic heterocycles. The molecular formula is C29H25FN4O3. The van der Waals surface area contributed by atoms with Crippen molar-refractivity contribution < 1.29 is 14.0 Å². The molecule has 5 rings (SSSR count). The van der Waals surface area contributed by atoms with Gasteiger partial charge in [-0.1, -0.05) is 54.6 Å². The molecule has 8 heteroatoms. The Morgan fingerprint density at radius 2 is 1.62 bits per heavy atom. The molecule has 37 heavy (non-hydrogen) atoms. The van der Waals surface area contributed by atoms with Crippen molar-refractivity contribution in [1.29, 1.82) is 0 Å². The summed E-state index contributed by atoms with van der Waals surface area (Å²) in [6.45, 7) is 3.82. The topological polar surface area (TPSA) is 87.2 Å².